The minimum absolute atomic E-state index is 0.0978. The Balaban J connectivity index is 2.14. The standard InChI is InChI=1S/C16H22ClF3N4O2/c1-23-3-4-24(9-16(18,19)20)8-10(7-23)22-15(25)11-5-12(17)13(21)6-14(11)26-2/h5-6,10H,3-4,7-9,21H2,1-2H3,(H,22,25). The van der Waals surface area contributed by atoms with Crippen molar-refractivity contribution in [3.63, 3.8) is 0 Å². The van der Waals surface area contributed by atoms with Crippen molar-refractivity contribution in [2.24, 2.45) is 0 Å². The van der Waals surface area contributed by atoms with Crippen LogP contribution in [0.3, 0.4) is 0 Å². The third kappa shape index (κ3) is 5.65. The molecule has 0 aliphatic carbocycles. The van der Waals surface area contributed by atoms with Crippen LogP contribution in [-0.4, -0.2) is 74.8 Å². The van der Waals surface area contributed by atoms with Crippen molar-refractivity contribution in [1.82, 2.24) is 15.1 Å². The van der Waals surface area contributed by atoms with E-state index in [1.165, 1.54) is 24.1 Å². The van der Waals surface area contributed by atoms with E-state index in [1.54, 1.807) is 7.05 Å². The van der Waals surface area contributed by atoms with E-state index in [9.17, 15) is 18.0 Å². The second-order valence-corrected chi connectivity index (χ2v) is 6.76. The lowest BCUT2D eigenvalue weighted by Gasteiger charge is -2.25. The van der Waals surface area contributed by atoms with Crippen molar-refractivity contribution >= 4 is 23.2 Å². The van der Waals surface area contributed by atoms with Gasteiger partial charge in [0.05, 0.1) is 36.0 Å². The number of hydrogen-bond donors (Lipinski definition) is 2. The van der Waals surface area contributed by atoms with E-state index in [4.69, 9.17) is 22.1 Å². The molecule has 3 N–H and O–H groups in total. The number of alkyl halides is 3. The van der Waals surface area contributed by atoms with Crippen LogP contribution in [0.4, 0.5) is 18.9 Å². The highest BCUT2D eigenvalue weighted by Crippen LogP contribution is 2.29. The van der Waals surface area contributed by atoms with Crippen molar-refractivity contribution in [3.05, 3.63) is 22.7 Å². The normalized spacial score (nSPS) is 19.8. The summed E-state index contributed by atoms with van der Waals surface area (Å²) in [6.07, 6.45) is -4.29. The Morgan fingerprint density at radius 3 is 2.69 bits per heavy atom. The molecule has 2 rings (SSSR count). The number of amides is 1. The van der Waals surface area contributed by atoms with E-state index in [0.29, 0.717) is 13.1 Å². The summed E-state index contributed by atoms with van der Waals surface area (Å²) in [5.41, 5.74) is 6.15. The predicted octanol–water partition coefficient (Wildman–Crippen LogP) is 1.84. The molecule has 1 aliphatic heterocycles. The van der Waals surface area contributed by atoms with Crippen LogP contribution in [0.5, 0.6) is 5.75 Å². The zero-order valence-corrected chi connectivity index (χ0v) is 15.3. The van der Waals surface area contributed by atoms with Gasteiger partial charge >= 0.3 is 6.18 Å². The number of nitrogens with one attached hydrogen (secondary N) is 1. The summed E-state index contributed by atoms with van der Waals surface area (Å²) in [5, 5.41) is 2.98. The second-order valence-electron chi connectivity index (χ2n) is 6.36. The Kier molecular flexibility index (Phi) is 6.59. The van der Waals surface area contributed by atoms with Gasteiger partial charge in [-0.1, -0.05) is 11.6 Å². The summed E-state index contributed by atoms with van der Waals surface area (Å²) in [6, 6.07) is 2.35. The van der Waals surface area contributed by atoms with E-state index in [0.717, 1.165) is 0 Å². The Labute approximate surface area is 155 Å². The molecule has 6 nitrogen and oxygen atoms in total. The SMILES string of the molecule is COc1cc(N)c(Cl)cc1C(=O)NC1CN(C)CCN(CC(F)(F)F)C1. The molecule has 1 fully saturated rings. The van der Waals surface area contributed by atoms with E-state index in [1.807, 2.05) is 4.90 Å². The monoisotopic (exact) mass is 394 g/mol. The van der Waals surface area contributed by atoms with Crippen LogP contribution in [0, 0.1) is 0 Å². The number of benzene rings is 1. The molecule has 1 aromatic rings. The number of anilines is 1. The Hall–Kier alpha value is -1.71. The van der Waals surface area contributed by atoms with Gasteiger partial charge in [0.1, 0.15) is 5.75 Å². The first-order chi connectivity index (χ1) is 12.1. The molecule has 0 aromatic heterocycles. The average Bonchev–Trinajstić information content (AvgIpc) is 2.69. The van der Waals surface area contributed by atoms with Gasteiger partial charge in [0.2, 0.25) is 0 Å². The Morgan fingerprint density at radius 2 is 2.08 bits per heavy atom. The number of nitrogens with two attached hydrogens (primary N) is 1. The summed E-state index contributed by atoms with van der Waals surface area (Å²) in [4.78, 5) is 15.8. The van der Waals surface area contributed by atoms with Crippen LogP contribution in [0.25, 0.3) is 0 Å². The molecule has 0 bridgehead atoms. The highest BCUT2D eigenvalue weighted by atomic mass is 35.5. The summed E-state index contributed by atoms with van der Waals surface area (Å²) >= 11 is 5.97. The fourth-order valence-corrected chi connectivity index (χ4v) is 3.07. The molecule has 1 saturated heterocycles. The summed E-state index contributed by atoms with van der Waals surface area (Å²) in [5.74, 6) is -0.227. The molecule has 26 heavy (non-hydrogen) atoms. The first-order valence-electron chi connectivity index (χ1n) is 8.00. The zero-order valence-electron chi connectivity index (χ0n) is 14.6. The van der Waals surface area contributed by atoms with Gasteiger partial charge in [-0.3, -0.25) is 9.69 Å². The van der Waals surface area contributed by atoms with Crippen molar-refractivity contribution < 1.29 is 22.7 Å². The number of nitrogens with zero attached hydrogens (tertiary/aromatic N) is 2. The molecule has 1 aromatic carbocycles. The molecular formula is C16H22ClF3N4O2. The van der Waals surface area contributed by atoms with Crippen LogP contribution in [0.2, 0.25) is 5.02 Å². The number of methoxy groups -OCH3 is 1. The highest BCUT2D eigenvalue weighted by molar-refractivity contribution is 6.33. The number of nitrogen functional groups attached to an aromatic ring is 1. The quantitative estimate of drug-likeness (QED) is 0.762. The minimum atomic E-state index is -4.29. The Bertz CT molecular complexity index is 657. The van der Waals surface area contributed by atoms with Crippen LogP contribution in [0.1, 0.15) is 10.4 Å². The topological polar surface area (TPSA) is 70.8 Å². The van der Waals surface area contributed by atoms with Gasteiger partial charge in [-0.25, -0.2) is 0 Å². The van der Waals surface area contributed by atoms with Crippen molar-refractivity contribution in [2.45, 2.75) is 12.2 Å². The third-order valence-corrected chi connectivity index (χ3v) is 4.44. The third-order valence-electron chi connectivity index (χ3n) is 4.11. The lowest BCUT2D eigenvalue weighted by Crippen LogP contribution is -2.47. The molecule has 1 atom stereocenters. The van der Waals surface area contributed by atoms with Crippen molar-refractivity contribution in [3.8, 4) is 5.75 Å². The molecule has 0 saturated carbocycles. The van der Waals surface area contributed by atoms with Gasteiger partial charge in [-0.15, -0.1) is 0 Å². The van der Waals surface area contributed by atoms with Gasteiger partial charge in [0.15, 0.2) is 0 Å². The maximum absolute atomic E-state index is 12.7. The van der Waals surface area contributed by atoms with Crippen LogP contribution < -0.4 is 15.8 Å². The number of carbonyl (C=O) groups is 1. The number of carbonyl (C=O) groups excluding carboxylic acids is 1. The molecule has 1 amide bonds. The molecule has 1 aliphatic rings. The smallest absolute Gasteiger partial charge is 0.401 e. The maximum atomic E-state index is 12.7. The van der Waals surface area contributed by atoms with Gasteiger partial charge in [-0.05, 0) is 13.1 Å². The van der Waals surface area contributed by atoms with Crippen LogP contribution in [-0.2, 0) is 0 Å². The molecule has 0 spiro atoms. The summed E-state index contributed by atoms with van der Waals surface area (Å²) < 4.78 is 43.3. The van der Waals surface area contributed by atoms with E-state index < -0.39 is 24.7 Å². The Morgan fingerprint density at radius 1 is 1.38 bits per heavy atom. The van der Waals surface area contributed by atoms with Gasteiger partial charge in [0.25, 0.3) is 5.91 Å². The molecule has 1 unspecified atom stereocenters. The van der Waals surface area contributed by atoms with Crippen LogP contribution in [0.15, 0.2) is 12.1 Å². The minimum Gasteiger partial charge on any atom is -0.496 e. The number of rotatable bonds is 4. The summed E-state index contributed by atoms with van der Waals surface area (Å²) in [7, 11) is 3.20. The predicted molar refractivity (Wildman–Crippen MR) is 93.7 cm³/mol. The van der Waals surface area contributed by atoms with E-state index in [2.05, 4.69) is 5.32 Å². The lowest BCUT2D eigenvalue weighted by molar-refractivity contribution is -0.145. The number of halogens is 4. The number of ether oxygens (including phenoxy) is 1. The fraction of sp³-hybridized carbons (Fsp3) is 0.562. The van der Waals surface area contributed by atoms with Gasteiger partial charge in [-0.2, -0.15) is 13.2 Å². The maximum Gasteiger partial charge on any atom is 0.401 e. The molecule has 10 heteroatoms. The van der Waals surface area contributed by atoms with Crippen molar-refractivity contribution in [1.29, 1.82) is 0 Å². The largest absolute Gasteiger partial charge is 0.496 e. The van der Waals surface area contributed by atoms with Gasteiger partial charge < -0.3 is 20.7 Å². The molecule has 146 valence electrons. The summed E-state index contributed by atoms with van der Waals surface area (Å²) in [6.45, 7) is 0.287. The first-order valence-corrected chi connectivity index (χ1v) is 8.38. The number of hydrogen-bond acceptors (Lipinski definition) is 5. The molecule has 0 radical (unpaired) electrons. The molecular weight excluding hydrogens is 373 g/mol. The average molecular weight is 395 g/mol. The van der Waals surface area contributed by atoms with Crippen LogP contribution >= 0.6 is 11.6 Å². The first kappa shape index (κ1) is 20.6. The fourth-order valence-electron chi connectivity index (χ4n) is 2.91. The van der Waals surface area contributed by atoms with E-state index >= 15 is 0 Å². The van der Waals surface area contributed by atoms with E-state index in [-0.39, 0.29) is 35.1 Å². The zero-order chi connectivity index (χ0) is 19.5. The number of likely N-dealkylation sites (N-methyl/N-ethyl adjacent to an activating group) is 1. The molecule has 1 heterocycles. The van der Waals surface area contributed by atoms with Crippen molar-refractivity contribution in [2.75, 3.05) is 52.6 Å². The second kappa shape index (κ2) is 8.32. The lowest BCUT2D eigenvalue weighted by atomic mass is 10.1. The highest BCUT2D eigenvalue weighted by Gasteiger charge is 2.33. The van der Waals surface area contributed by atoms with Gasteiger partial charge in [0, 0.05) is 32.2 Å².